The van der Waals surface area contributed by atoms with E-state index in [4.69, 9.17) is 5.11 Å². The van der Waals surface area contributed by atoms with Gasteiger partial charge in [-0.25, -0.2) is 4.68 Å². The van der Waals surface area contributed by atoms with E-state index in [1.807, 2.05) is 6.92 Å². The first-order chi connectivity index (χ1) is 8.20. The lowest BCUT2D eigenvalue weighted by atomic mass is 10.1. The third-order valence-corrected chi connectivity index (χ3v) is 3.11. The number of aliphatic carboxylic acids is 1. The van der Waals surface area contributed by atoms with Crippen LogP contribution in [-0.4, -0.2) is 31.3 Å². The number of carboxylic acids is 1. The second-order valence-electron chi connectivity index (χ2n) is 4.73. The van der Waals surface area contributed by atoms with Crippen molar-refractivity contribution in [1.82, 2.24) is 20.2 Å². The Hall–Kier alpha value is -1.46. The molecule has 0 spiro atoms. The summed E-state index contributed by atoms with van der Waals surface area (Å²) in [4.78, 5) is 10.8. The molecule has 0 amide bonds. The van der Waals surface area contributed by atoms with Crippen molar-refractivity contribution in [2.75, 3.05) is 0 Å². The smallest absolute Gasteiger partial charge is 0.305 e. The van der Waals surface area contributed by atoms with Crippen LogP contribution in [0.1, 0.15) is 50.9 Å². The van der Waals surface area contributed by atoms with Gasteiger partial charge in [-0.3, -0.25) is 4.79 Å². The number of hydrogen-bond acceptors (Lipinski definition) is 4. The summed E-state index contributed by atoms with van der Waals surface area (Å²) in [5.74, 6) is 0.746. The predicted octanol–water partition coefficient (Wildman–Crippen LogP) is 1.44. The second-order valence-corrected chi connectivity index (χ2v) is 4.73. The van der Waals surface area contributed by atoms with Crippen LogP contribution in [0.3, 0.4) is 0 Å². The minimum absolute atomic E-state index is 0.0938. The number of hydrogen-bond donors (Lipinski definition) is 1. The average molecular weight is 238 g/mol. The van der Waals surface area contributed by atoms with Crippen LogP contribution in [0.5, 0.6) is 0 Å². The van der Waals surface area contributed by atoms with Gasteiger partial charge >= 0.3 is 5.97 Å². The van der Waals surface area contributed by atoms with Gasteiger partial charge in [-0.05, 0) is 35.6 Å². The molecule has 6 heteroatoms. The highest BCUT2D eigenvalue weighted by molar-refractivity contribution is 5.67. The van der Waals surface area contributed by atoms with Crippen LogP contribution < -0.4 is 0 Å². The maximum Gasteiger partial charge on any atom is 0.305 e. The van der Waals surface area contributed by atoms with Crippen molar-refractivity contribution in [3.8, 4) is 0 Å². The van der Waals surface area contributed by atoms with Gasteiger partial charge < -0.3 is 5.11 Å². The summed E-state index contributed by atoms with van der Waals surface area (Å²) in [5, 5.41) is 20.6. The Kier molecular flexibility index (Phi) is 3.71. The molecule has 0 saturated heterocycles. The fraction of sp³-hybridized carbons (Fsp3) is 0.818. The first kappa shape index (κ1) is 12.0. The van der Waals surface area contributed by atoms with Crippen molar-refractivity contribution in [2.45, 2.75) is 51.5 Å². The van der Waals surface area contributed by atoms with E-state index < -0.39 is 5.97 Å². The number of aromatic nitrogens is 4. The lowest BCUT2D eigenvalue weighted by Crippen LogP contribution is -2.18. The Labute approximate surface area is 100 Å². The molecule has 1 N–H and O–H groups in total. The number of carbonyl (C=O) groups is 1. The maximum atomic E-state index is 10.8. The summed E-state index contributed by atoms with van der Waals surface area (Å²) in [5.41, 5.74) is 0. The third kappa shape index (κ3) is 3.25. The molecule has 1 saturated carbocycles. The van der Waals surface area contributed by atoms with Crippen molar-refractivity contribution in [3.63, 3.8) is 0 Å². The van der Waals surface area contributed by atoms with Gasteiger partial charge in [0, 0.05) is 6.42 Å². The summed E-state index contributed by atoms with van der Waals surface area (Å²) < 4.78 is 1.72. The fourth-order valence-corrected chi connectivity index (χ4v) is 2.06. The molecule has 17 heavy (non-hydrogen) atoms. The summed E-state index contributed by atoms with van der Waals surface area (Å²) in [7, 11) is 0. The maximum absolute atomic E-state index is 10.8. The van der Waals surface area contributed by atoms with Crippen LogP contribution in [0.4, 0.5) is 0 Å². The molecule has 1 atom stereocenters. The van der Waals surface area contributed by atoms with Crippen LogP contribution in [0.25, 0.3) is 0 Å². The molecule has 1 aromatic rings. The minimum atomic E-state index is -0.795. The molecule has 94 valence electrons. The zero-order valence-electron chi connectivity index (χ0n) is 10.0. The number of rotatable bonds is 7. The van der Waals surface area contributed by atoms with Crippen molar-refractivity contribution < 1.29 is 9.90 Å². The highest BCUT2D eigenvalue weighted by atomic mass is 16.4. The highest BCUT2D eigenvalue weighted by Gasteiger charge is 2.26. The molecule has 1 aliphatic carbocycles. The molecule has 1 aromatic heterocycles. The van der Waals surface area contributed by atoms with Crippen LogP contribution in [0, 0.1) is 5.92 Å². The van der Waals surface area contributed by atoms with Crippen molar-refractivity contribution in [2.24, 2.45) is 5.92 Å². The van der Waals surface area contributed by atoms with Crippen LogP contribution in [0.2, 0.25) is 0 Å². The average Bonchev–Trinajstić information content (AvgIpc) is 2.94. The van der Waals surface area contributed by atoms with E-state index >= 15 is 0 Å². The van der Waals surface area contributed by atoms with E-state index in [1.165, 1.54) is 12.8 Å². The highest BCUT2D eigenvalue weighted by Crippen LogP contribution is 2.32. The van der Waals surface area contributed by atoms with Crippen LogP contribution >= 0.6 is 0 Å². The normalized spacial score (nSPS) is 17.0. The van der Waals surface area contributed by atoms with Gasteiger partial charge in [0.05, 0.1) is 12.5 Å². The molecule has 6 nitrogen and oxygen atoms in total. The topological polar surface area (TPSA) is 80.9 Å². The van der Waals surface area contributed by atoms with Gasteiger partial charge in [0.25, 0.3) is 0 Å². The van der Waals surface area contributed by atoms with E-state index in [0.717, 1.165) is 25.1 Å². The van der Waals surface area contributed by atoms with Gasteiger partial charge in [0.2, 0.25) is 0 Å². The lowest BCUT2D eigenvalue weighted by Gasteiger charge is -2.15. The Morgan fingerprint density at radius 2 is 2.35 bits per heavy atom. The van der Waals surface area contributed by atoms with Gasteiger partial charge in [0.15, 0.2) is 5.82 Å². The van der Waals surface area contributed by atoms with Gasteiger partial charge in [0.1, 0.15) is 0 Å². The third-order valence-electron chi connectivity index (χ3n) is 3.11. The zero-order chi connectivity index (χ0) is 12.3. The Balaban J connectivity index is 2.09. The summed E-state index contributed by atoms with van der Waals surface area (Å²) in [6, 6.07) is -0.110. The summed E-state index contributed by atoms with van der Waals surface area (Å²) >= 11 is 0. The van der Waals surface area contributed by atoms with Crippen LogP contribution in [0.15, 0.2) is 0 Å². The van der Waals surface area contributed by atoms with E-state index in [-0.39, 0.29) is 12.5 Å². The zero-order valence-corrected chi connectivity index (χ0v) is 10.0. The molecular formula is C11H18N4O2. The van der Waals surface area contributed by atoms with Gasteiger partial charge in [-0.15, -0.1) is 5.10 Å². The standard InChI is InChI=1S/C11H18N4O2/c1-2-3-9(7-11(16)17)15-10(12-13-14-15)6-8-4-5-8/h8-9H,2-7H2,1H3,(H,16,17). The lowest BCUT2D eigenvalue weighted by molar-refractivity contribution is -0.138. The SMILES string of the molecule is CCCC(CC(=O)O)n1nnnc1CC1CC1. The molecule has 1 fully saturated rings. The van der Waals surface area contributed by atoms with E-state index in [0.29, 0.717) is 5.92 Å². The molecular weight excluding hydrogens is 220 g/mol. The number of carboxylic acid groups (broad SMARTS) is 1. The Bertz CT molecular complexity index is 387. The van der Waals surface area contributed by atoms with Crippen molar-refractivity contribution in [3.05, 3.63) is 5.82 Å². The first-order valence-corrected chi connectivity index (χ1v) is 6.19. The van der Waals surface area contributed by atoms with Gasteiger partial charge in [-0.2, -0.15) is 0 Å². The second kappa shape index (κ2) is 5.25. The molecule has 0 radical (unpaired) electrons. The molecule has 0 aliphatic heterocycles. The monoisotopic (exact) mass is 238 g/mol. The Morgan fingerprint density at radius 3 is 2.94 bits per heavy atom. The van der Waals surface area contributed by atoms with Crippen molar-refractivity contribution in [1.29, 1.82) is 0 Å². The molecule has 2 rings (SSSR count). The number of nitrogens with zero attached hydrogens (tertiary/aromatic N) is 4. The molecule has 0 aromatic carbocycles. The minimum Gasteiger partial charge on any atom is -0.481 e. The molecule has 1 unspecified atom stereocenters. The Morgan fingerprint density at radius 1 is 1.59 bits per heavy atom. The summed E-state index contributed by atoms with van der Waals surface area (Å²) in [6.07, 6.45) is 5.19. The number of tetrazole rings is 1. The van der Waals surface area contributed by atoms with Crippen molar-refractivity contribution >= 4 is 5.97 Å². The molecule has 1 heterocycles. The molecule has 0 bridgehead atoms. The quantitative estimate of drug-likeness (QED) is 0.777. The largest absolute Gasteiger partial charge is 0.481 e. The predicted molar refractivity (Wildman–Crippen MR) is 60.4 cm³/mol. The first-order valence-electron chi connectivity index (χ1n) is 6.19. The van der Waals surface area contributed by atoms with E-state index in [2.05, 4.69) is 15.5 Å². The van der Waals surface area contributed by atoms with Crippen LogP contribution in [-0.2, 0) is 11.2 Å². The van der Waals surface area contributed by atoms with Gasteiger partial charge in [-0.1, -0.05) is 13.3 Å². The van der Waals surface area contributed by atoms with E-state index in [9.17, 15) is 4.79 Å². The fourth-order valence-electron chi connectivity index (χ4n) is 2.06. The van der Waals surface area contributed by atoms with E-state index in [1.54, 1.807) is 4.68 Å². The molecule has 1 aliphatic rings. The summed E-state index contributed by atoms with van der Waals surface area (Å²) in [6.45, 7) is 2.04.